The molecule has 1 N–H and O–H groups in total. The number of hydrogen-bond donors (Lipinski definition) is 1. The Hall–Kier alpha value is -2.77. The Morgan fingerprint density at radius 3 is 2.72 bits per heavy atom. The van der Waals surface area contributed by atoms with E-state index in [1.165, 1.54) is 4.57 Å². The van der Waals surface area contributed by atoms with E-state index in [4.69, 9.17) is 0 Å². The maximum absolute atomic E-state index is 13.1. The van der Waals surface area contributed by atoms with E-state index in [1.54, 1.807) is 29.2 Å². The molecule has 0 atom stereocenters. The molecule has 1 amide bonds. The number of aliphatic hydroxyl groups is 1. The highest BCUT2D eigenvalue weighted by Crippen LogP contribution is 2.39. The summed E-state index contributed by atoms with van der Waals surface area (Å²) in [6.07, 6.45) is 2.11. The van der Waals surface area contributed by atoms with Gasteiger partial charge in [-0.05, 0) is 49.8 Å². The van der Waals surface area contributed by atoms with Gasteiger partial charge in [-0.1, -0.05) is 28.1 Å². The summed E-state index contributed by atoms with van der Waals surface area (Å²) in [5.74, 6) is 0.297. The Labute approximate surface area is 176 Å². The number of anilines is 1. The van der Waals surface area contributed by atoms with Crippen LogP contribution in [0.1, 0.15) is 24.7 Å². The van der Waals surface area contributed by atoms with Gasteiger partial charge in [0.1, 0.15) is 5.82 Å². The minimum Gasteiger partial charge on any atom is -0.396 e. The van der Waals surface area contributed by atoms with Crippen LogP contribution in [0.15, 0.2) is 51.7 Å². The second-order valence-corrected chi connectivity index (χ2v) is 7.71. The summed E-state index contributed by atoms with van der Waals surface area (Å²) in [5.41, 5.74) is 2.56. The number of fused-ring (bicyclic) bond motifs is 2. The third-order valence-electron chi connectivity index (χ3n) is 5.04. The van der Waals surface area contributed by atoms with Crippen LogP contribution in [0.25, 0.3) is 22.6 Å². The van der Waals surface area contributed by atoms with E-state index in [-0.39, 0.29) is 18.1 Å². The second kappa shape index (κ2) is 7.93. The molecule has 0 saturated heterocycles. The zero-order chi connectivity index (χ0) is 20.5. The van der Waals surface area contributed by atoms with E-state index >= 15 is 0 Å². The van der Waals surface area contributed by atoms with E-state index in [0.717, 1.165) is 15.7 Å². The molecule has 0 saturated carbocycles. The summed E-state index contributed by atoms with van der Waals surface area (Å²) in [5, 5.41) is 9.78. The maximum Gasteiger partial charge on any atom is 0.261 e. The zero-order valence-corrected chi connectivity index (χ0v) is 17.5. The van der Waals surface area contributed by atoms with Crippen molar-refractivity contribution in [3.8, 4) is 0 Å². The van der Waals surface area contributed by atoms with E-state index in [0.29, 0.717) is 41.8 Å². The molecule has 7 heteroatoms. The lowest BCUT2D eigenvalue weighted by Gasteiger charge is -2.13. The summed E-state index contributed by atoms with van der Waals surface area (Å²) in [6.45, 7) is 2.77. The molecule has 29 heavy (non-hydrogen) atoms. The maximum atomic E-state index is 13.1. The van der Waals surface area contributed by atoms with E-state index < -0.39 is 0 Å². The van der Waals surface area contributed by atoms with Gasteiger partial charge in [-0.25, -0.2) is 4.98 Å². The van der Waals surface area contributed by atoms with Crippen LogP contribution in [0.3, 0.4) is 0 Å². The fourth-order valence-electron chi connectivity index (χ4n) is 3.65. The van der Waals surface area contributed by atoms with Gasteiger partial charge in [-0.3, -0.25) is 14.2 Å². The zero-order valence-electron chi connectivity index (χ0n) is 15.9. The lowest BCUT2D eigenvalue weighted by molar-refractivity contribution is -0.112. The lowest BCUT2D eigenvalue weighted by atomic mass is 10.1. The molecule has 0 unspecified atom stereocenters. The van der Waals surface area contributed by atoms with Crippen LogP contribution < -0.4 is 10.5 Å². The molecule has 148 valence electrons. The minimum absolute atomic E-state index is 0.0341. The van der Waals surface area contributed by atoms with Gasteiger partial charge in [-0.15, -0.1) is 0 Å². The molecule has 0 bridgehead atoms. The third kappa shape index (κ3) is 3.41. The molecule has 0 fully saturated rings. The predicted octanol–water partition coefficient (Wildman–Crippen LogP) is 3.45. The van der Waals surface area contributed by atoms with Gasteiger partial charge in [0.2, 0.25) is 0 Å². The fourth-order valence-corrected chi connectivity index (χ4v) is 4.01. The van der Waals surface area contributed by atoms with Crippen LogP contribution >= 0.6 is 15.9 Å². The van der Waals surface area contributed by atoms with Gasteiger partial charge in [0.05, 0.1) is 22.2 Å². The smallest absolute Gasteiger partial charge is 0.261 e. The Bertz CT molecular complexity index is 1200. The van der Waals surface area contributed by atoms with Crippen LogP contribution in [-0.4, -0.2) is 33.7 Å². The monoisotopic (exact) mass is 453 g/mol. The molecule has 0 spiro atoms. The number of rotatable bonds is 5. The first-order valence-electron chi connectivity index (χ1n) is 9.49. The number of halogens is 1. The van der Waals surface area contributed by atoms with Crippen molar-refractivity contribution in [3.63, 3.8) is 0 Å². The molecule has 6 nitrogen and oxygen atoms in total. The number of carbonyl (C=O) groups excluding carboxylic acids is 1. The molecular weight excluding hydrogens is 434 g/mol. The highest BCUT2D eigenvalue weighted by atomic mass is 79.9. The Morgan fingerprint density at radius 1 is 1.17 bits per heavy atom. The number of hydrogen-bond acceptors (Lipinski definition) is 4. The first-order chi connectivity index (χ1) is 14.0. The molecule has 2 heterocycles. The second-order valence-electron chi connectivity index (χ2n) is 6.79. The molecule has 4 rings (SSSR count). The number of benzene rings is 2. The van der Waals surface area contributed by atoms with Crippen molar-refractivity contribution in [2.45, 2.75) is 19.9 Å². The van der Waals surface area contributed by atoms with Crippen LogP contribution in [0.2, 0.25) is 0 Å². The first-order valence-corrected chi connectivity index (χ1v) is 10.3. The normalized spacial score (nSPS) is 14.8. The Morgan fingerprint density at radius 2 is 1.97 bits per heavy atom. The van der Waals surface area contributed by atoms with Gasteiger partial charge in [0, 0.05) is 29.7 Å². The number of para-hydroxylation sites is 1. The largest absolute Gasteiger partial charge is 0.396 e. The average Bonchev–Trinajstić information content (AvgIpc) is 2.98. The SMILES string of the molecule is CCN1C(=O)/C(=C\c2nc3ccccc3c(=O)n2CCCO)c2cc(Br)ccc21. The summed E-state index contributed by atoms with van der Waals surface area (Å²) in [7, 11) is 0. The van der Waals surface area contributed by atoms with Crippen molar-refractivity contribution in [3.05, 3.63) is 68.7 Å². The van der Waals surface area contributed by atoms with Crippen molar-refractivity contribution >= 4 is 50.1 Å². The lowest BCUT2D eigenvalue weighted by Crippen LogP contribution is -2.26. The summed E-state index contributed by atoms with van der Waals surface area (Å²) >= 11 is 3.48. The molecular formula is C22H20BrN3O3. The molecule has 3 aromatic rings. The van der Waals surface area contributed by atoms with Crippen molar-refractivity contribution in [1.82, 2.24) is 9.55 Å². The van der Waals surface area contributed by atoms with Crippen LogP contribution in [0, 0.1) is 0 Å². The minimum atomic E-state index is -0.178. The van der Waals surface area contributed by atoms with Gasteiger partial charge in [0.15, 0.2) is 0 Å². The Balaban J connectivity index is 1.95. The number of nitrogens with zero attached hydrogens (tertiary/aromatic N) is 3. The van der Waals surface area contributed by atoms with Gasteiger partial charge < -0.3 is 10.0 Å². The van der Waals surface area contributed by atoms with Gasteiger partial charge in [-0.2, -0.15) is 0 Å². The molecule has 1 aromatic heterocycles. The number of aromatic nitrogens is 2. The number of carbonyl (C=O) groups is 1. The van der Waals surface area contributed by atoms with Crippen LogP contribution in [-0.2, 0) is 11.3 Å². The number of amides is 1. The van der Waals surface area contributed by atoms with Crippen LogP contribution in [0.4, 0.5) is 5.69 Å². The average molecular weight is 454 g/mol. The molecule has 2 aromatic carbocycles. The molecule has 0 aliphatic carbocycles. The fraction of sp³-hybridized carbons (Fsp3) is 0.227. The highest BCUT2D eigenvalue weighted by Gasteiger charge is 2.31. The quantitative estimate of drug-likeness (QED) is 0.600. The van der Waals surface area contributed by atoms with E-state index in [1.807, 2.05) is 31.2 Å². The van der Waals surface area contributed by atoms with Crippen molar-refractivity contribution < 1.29 is 9.90 Å². The molecule has 0 radical (unpaired) electrons. The van der Waals surface area contributed by atoms with Crippen molar-refractivity contribution in [2.24, 2.45) is 0 Å². The summed E-state index contributed by atoms with van der Waals surface area (Å²) in [6, 6.07) is 12.9. The summed E-state index contributed by atoms with van der Waals surface area (Å²) < 4.78 is 2.41. The third-order valence-corrected chi connectivity index (χ3v) is 5.53. The number of likely N-dealkylation sites (N-methyl/N-ethyl adjacent to an activating group) is 1. The van der Waals surface area contributed by atoms with Crippen molar-refractivity contribution in [2.75, 3.05) is 18.1 Å². The Kier molecular flexibility index (Phi) is 5.34. The summed E-state index contributed by atoms with van der Waals surface area (Å²) in [4.78, 5) is 32.5. The first kappa shape index (κ1) is 19.5. The van der Waals surface area contributed by atoms with Gasteiger partial charge in [0.25, 0.3) is 11.5 Å². The molecule has 1 aliphatic rings. The van der Waals surface area contributed by atoms with Gasteiger partial charge >= 0.3 is 0 Å². The molecule has 1 aliphatic heterocycles. The standard InChI is InChI=1S/C22H20BrN3O3/c1-2-25-19-9-8-14(23)12-16(19)17(22(25)29)13-20-24-18-7-4-3-6-15(18)21(28)26(20)10-5-11-27/h3-4,6-9,12-13,27H,2,5,10-11H2,1H3/b17-13-. The van der Waals surface area contributed by atoms with E-state index in [2.05, 4.69) is 20.9 Å². The topological polar surface area (TPSA) is 75.4 Å². The predicted molar refractivity (Wildman–Crippen MR) is 118 cm³/mol. The highest BCUT2D eigenvalue weighted by molar-refractivity contribution is 9.10. The van der Waals surface area contributed by atoms with Crippen molar-refractivity contribution in [1.29, 1.82) is 0 Å². The van der Waals surface area contributed by atoms with E-state index in [9.17, 15) is 14.7 Å². The number of aliphatic hydroxyl groups excluding tert-OH is 1. The van der Waals surface area contributed by atoms with Crippen LogP contribution in [0.5, 0.6) is 0 Å².